The minimum atomic E-state index is -0.486. The zero-order chi connectivity index (χ0) is 42.2. The van der Waals surface area contributed by atoms with Crippen molar-refractivity contribution in [2.45, 2.75) is 5.41 Å². The molecule has 13 rings (SSSR count). The van der Waals surface area contributed by atoms with Crippen molar-refractivity contribution in [3.8, 4) is 90.1 Å². The highest BCUT2D eigenvalue weighted by Crippen LogP contribution is 2.63. The summed E-state index contributed by atoms with van der Waals surface area (Å²) in [6, 6.07) is 77.5. The predicted molar refractivity (Wildman–Crippen MR) is 257 cm³/mol. The van der Waals surface area contributed by atoms with E-state index in [4.69, 9.17) is 19.9 Å². The van der Waals surface area contributed by atoms with Gasteiger partial charge in [-0.1, -0.05) is 194 Å². The average molecular weight is 816 g/mol. The van der Waals surface area contributed by atoms with Gasteiger partial charge in [0.05, 0.1) is 16.8 Å². The molecule has 8 aromatic carbocycles. The maximum Gasteiger partial charge on any atom is 0.164 e. The Balaban J connectivity index is 1.01. The fourth-order valence-corrected chi connectivity index (χ4v) is 10.3. The Morgan fingerprint density at radius 1 is 0.297 bits per heavy atom. The first-order valence-corrected chi connectivity index (χ1v) is 21.7. The number of hydrogen-bond acceptors (Lipinski definition) is 4. The number of imidazole rings is 1. The molecule has 0 bridgehead atoms. The van der Waals surface area contributed by atoms with E-state index in [1.165, 1.54) is 44.5 Å². The second kappa shape index (κ2) is 14.3. The molecule has 3 aromatic heterocycles. The Morgan fingerprint density at radius 2 is 0.750 bits per heavy atom. The van der Waals surface area contributed by atoms with Crippen molar-refractivity contribution in [1.29, 1.82) is 0 Å². The Kier molecular flexibility index (Phi) is 8.06. The van der Waals surface area contributed by atoms with Gasteiger partial charge in [-0.3, -0.25) is 4.40 Å². The van der Waals surface area contributed by atoms with Gasteiger partial charge in [-0.05, 0) is 79.9 Å². The van der Waals surface area contributed by atoms with Gasteiger partial charge in [0, 0.05) is 34.0 Å². The molecule has 2 aliphatic carbocycles. The van der Waals surface area contributed by atoms with Crippen molar-refractivity contribution in [3.63, 3.8) is 0 Å². The summed E-state index contributed by atoms with van der Waals surface area (Å²) in [6.45, 7) is 0. The minimum Gasteiger partial charge on any atom is -0.299 e. The van der Waals surface area contributed by atoms with Crippen LogP contribution in [0.3, 0.4) is 0 Å². The van der Waals surface area contributed by atoms with Gasteiger partial charge in [0.15, 0.2) is 17.5 Å². The lowest BCUT2D eigenvalue weighted by Crippen LogP contribution is -2.25. The van der Waals surface area contributed by atoms with E-state index in [1.54, 1.807) is 0 Å². The summed E-state index contributed by atoms with van der Waals surface area (Å²) in [5.41, 5.74) is 19.6. The van der Waals surface area contributed by atoms with Crippen LogP contribution in [0.25, 0.3) is 95.7 Å². The molecule has 0 saturated heterocycles. The van der Waals surface area contributed by atoms with Gasteiger partial charge < -0.3 is 0 Å². The number of fused-ring (bicyclic) bond motifs is 11. The molecule has 2 aliphatic rings. The molecule has 64 heavy (non-hydrogen) atoms. The zero-order valence-corrected chi connectivity index (χ0v) is 34.6. The highest BCUT2D eigenvalue weighted by Gasteiger charge is 2.51. The van der Waals surface area contributed by atoms with Gasteiger partial charge >= 0.3 is 0 Å². The fraction of sp³-hybridized carbons (Fsp3) is 0.0169. The second-order valence-corrected chi connectivity index (χ2v) is 16.6. The van der Waals surface area contributed by atoms with Crippen molar-refractivity contribution in [2.24, 2.45) is 0 Å². The number of aromatic nitrogens is 5. The van der Waals surface area contributed by atoms with E-state index in [9.17, 15) is 0 Å². The molecule has 5 nitrogen and oxygen atoms in total. The molecule has 1 spiro atoms. The van der Waals surface area contributed by atoms with Crippen LogP contribution in [-0.2, 0) is 5.41 Å². The largest absolute Gasteiger partial charge is 0.299 e. The number of nitrogens with zero attached hydrogens (tertiary/aromatic N) is 5. The first kappa shape index (κ1) is 36.1. The Hall–Kier alpha value is -8.54. The molecular weight excluding hydrogens is 779 g/mol. The standard InChI is InChI=1S/C59H37N5/c1-3-16-38(17-4-1)39-29-31-41(32-30-39)56-61-57(43-21-15-20-42(36-43)55-54(40-18-5-2-6-19-40)60-53-28-13-14-35-64(53)55)63-58(62-56)44-33-34-48-47-24-9-12-27-51(47)59(52(48)37-44)49-25-10-7-22-45(49)46-23-8-11-26-50(46)59/h1-37H. The van der Waals surface area contributed by atoms with Crippen LogP contribution in [0.4, 0.5) is 0 Å². The van der Waals surface area contributed by atoms with E-state index < -0.39 is 5.41 Å². The van der Waals surface area contributed by atoms with Gasteiger partial charge in [0.1, 0.15) is 5.65 Å². The normalized spacial score (nSPS) is 12.8. The summed E-state index contributed by atoms with van der Waals surface area (Å²) in [5.74, 6) is 1.82. The topological polar surface area (TPSA) is 56.0 Å². The van der Waals surface area contributed by atoms with Gasteiger partial charge in [0.2, 0.25) is 0 Å². The van der Waals surface area contributed by atoms with Crippen LogP contribution >= 0.6 is 0 Å². The van der Waals surface area contributed by atoms with Gasteiger partial charge in [-0.2, -0.15) is 0 Å². The van der Waals surface area contributed by atoms with Gasteiger partial charge in [-0.15, -0.1) is 0 Å². The minimum absolute atomic E-state index is 0.486. The molecular formula is C59H37N5. The Labute approximate surface area is 370 Å². The van der Waals surface area contributed by atoms with Crippen LogP contribution in [0.15, 0.2) is 225 Å². The maximum absolute atomic E-state index is 5.36. The van der Waals surface area contributed by atoms with Crippen LogP contribution in [0.1, 0.15) is 22.3 Å². The molecule has 0 atom stereocenters. The summed E-state index contributed by atoms with van der Waals surface area (Å²) in [6.07, 6.45) is 2.08. The summed E-state index contributed by atoms with van der Waals surface area (Å²) >= 11 is 0. The zero-order valence-electron chi connectivity index (χ0n) is 34.6. The Morgan fingerprint density at radius 3 is 1.39 bits per heavy atom. The Bertz CT molecular complexity index is 3550. The van der Waals surface area contributed by atoms with Crippen molar-refractivity contribution in [1.82, 2.24) is 24.3 Å². The SMILES string of the molecule is c1ccc(-c2ccc(-c3nc(-c4cccc(-c5c(-c6ccccc6)nc6ccccn56)c4)nc(-c4ccc5c(c4)C4(c6ccccc6-c6ccccc64)c4ccccc4-5)n3)cc2)cc1. The van der Waals surface area contributed by atoms with E-state index in [2.05, 4.69) is 205 Å². The smallest absolute Gasteiger partial charge is 0.164 e. The van der Waals surface area contributed by atoms with Crippen molar-refractivity contribution >= 4 is 5.65 Å². The second-order valence-electron chi connectivity index (χ2n) is 16.6. The number of benzene rings is 8. The van der Waals surface area contributed by atoms with E-state index in [-0.39, 0.29) is 0 Å². The summed E-state index contributed by atoms with van der Waals surface area (Å²) in [5, 5.41) is 0. The van der Waals surface area contributed by atoms with Crippen molar-refractivity contribution < 1.29 is 0 Å². The van der Waals surface area contributed by atoms with Crippen LogP contribution < -0.4 is 0 Å². The molecule has 298 valence electrons. The molecule has 0 fully saturated rings. The maximum atomic E-state index is 5.36. The molecule has 0 saturated carbocycles. The summed E-state index contributed by atoms with van der Waals surface area (Å²) in [7, 11) is 0. The lowest BCUT2D eigenvalue weighted by Gasteiger charge is -2.30. The van der Waals surface area contributed by atoms with E-state index >= 15 is 0 Å². The molecule has 5 heteroatoms. The average Bonchev–Trinajstić information content (AvgIpc) is 4.01. The van der Waals surface area contributed by atoms with Crippen LogP contribution in [0.5, 0.6) is 0 Å². The third-order valence-corrected chi connectivity index (χ3v) is 13.1. The van der Waals surface area contributed by atoms with E-state index in [0.29, 0.717) is 17.5 Å². The van der Waals surface area contributed by atoms with Crippen LogP contribution in [0.2, 0.25) is 0 Å². The lowest BCUT2D eigenvalue weighted by molar-refractivity contribution is 0.794. The molecule has 3 heterocycles. The van der Waals surface area contributed by atoms with E-state index in [0.717, 1.165) is 56.0 Å². The molecule has 0 radical (unpaired) electrons. The van der Waals surface area contributed by atoms with Gasteiger partial charge in [-0.25, -0.2) is 19.9 Å². The molecule has 0 N–H and O–H groups in total. The third kappa shape index (κ3) is 5.44. The molecule has 0 aliphatic heterocycles. The first-order chi connectivity index (χ1) is 31.7. The summed E-state index contributed by atoms with van der Waals surface area (Å²) in [4.78, 5) is 21.1. The van der Waals surface area contributed by atoms with Crippen LogP contribution in [-0.4, -0.2) is 24.3 Å². The number of rotatable bonds is 6. The van der Waals surface area contributed by atoms with Crippen molar-refractivity contribution in [3.05, 3.63) is 247 Å². The first-order valence-electron chi connectivity index (χ1n) is 21.7. The highest BCUT2D eigenvalue weighted by atomic mass is 15.0. The number of hydrogen-bond donors (Lipinski definition) is 0. The molecule has 11 aromatic rings. The van der Waals surface area contributed by atoms with Gasteiger partial charge in [0.25, 0.3) is 0 Å². The molecule has 0 unspecified atom stereocenters. The fourth-order valence-electron chi connectivity index (χ4n) is 10.3. The lowest BCUT2D eigenvalue weighted by atomic mass is 9.70. The summed E-state index contributed by atoms with van der Waals surface area (Å²) < 4.78 is 2.16. The van der Waals surface area contributed by atoms with Crippen molar-refractivity contribution in [2.75, 3.05) is 0 Å². The number of pyridine rings is 1. The predicted octanol–water partition coefficient (Wildman–Crippen LogP) is 13.9. The monoisotopic (exact) mass is 815 g/mol. The highest BCUT2D eigenvalue weighted by molar-refractivity contribution is 5.96. The van der Waals surface area contributed by atoms with Crippen LogP contribution in [0, 0.1) is 0 Å². The van der Waals surface area contributed by atoms with E-state index in [1.807, 2.05) is 24.3 Å². The molecule has 0 amide bonds. The third-order valence-electron chi connectivity index (χ3n) is 13.1. The quantitative estimate of drug-likeness (QED) is 0.168.